The second-order valence-electron chi connectivity index (χ2n) is 2.49. The van der Waals surface area contributed by atoms with E-state index in [4.69, 9.17) is 5.11 Å². The van der Waals surface area contributed by atoms with Crippen molar-refractivity contribution in [3.63, 3.8) is 0 Å². The van der Waals surface area contributed by atoms with Gasteiger partial charge in [-0.2, -0.15) is 0 Å². The number of hydrogen-bond donors (Lipinski definition) is 1. The van der Waals surface area contributed by atoms with Crippen LogP contribution in [0.1, 0.15) is 12.8 Å². The molecule has 1 N–H and O–H groups in total. The van der Waals surface area contributed by atoms with Gasteiger partial charge in [0.15, 0.2) is 0 Å². The Morgan fingerprint density at radius 2 is 2.20 bits per heavy atom. The molecule has 10 heavy (non-hydrogen) atoms. The van der Waals surface area contributed by atoms with Gasteiger partial charge in [-0.25, -0.2) is 4.79 Å². The van der Waals surface area contributed by atoms with Crippen molar-refractivity contribution >= 4 is 11.9 Å². The normalized spacial score (nSPS) is 18.3. The lowest BCUT2D eigenvalue weighted by atomic mass is 9.90. The Bertz CT molecular complexity index is 170. The second-order valence-corrected chi connectivity index (χ2v) is 2.49. The number of rotatable bonds is 1. The van der Waals surface area contributed by atoms with Crippen LogP contribution >= 0.6 is 0 Å². The van der Waals surface area contributed by atoms with E-state index in [-0.39, 0.29) is 11.8 Å². The van der Waals surface area contributed by atoms with Gasteiger partial charge in [0.05, 0.1) is 0 Å². The molecular weight excluding hydrogens is 134 g/mol. The highest BCUT2D eigenvalue weighted by molar-refractivity contribution is 5.87. The molecule has 0 aliphatic heterocycles. The molecule has 0 atom stereocenters. The molecule has 0 bridgehead atoms. The molecule has 0 spiro atoms. The van der Waals surface area contributed by atoms with Crippen molar-refractivity contribution in [1.82, 2.24) is 4.90 Å². The summed E-state index contributed by atoms with van der Waals surface area (Å²) in [6, 6.07) is -0.0648. The first-order chi connectivity index (χ1) is 4.61. The highest BCUT2D eigenvalue weighted by Gasteiger charge is 2.32. The van der Waals surface area contributed by atoms with Crippen molar-refractivity contribution < 1.29 is 14.7 Å². The van der Waals surface area contributed by atoms with E-state index in [9.17, 15) is 9.59 Å². The molecule has 0 unspecified atom stereocenters. The number of hydrogen-bond acceptors (Lipinski definition) is 2. The van der Waals surface area contributed by atoms with Gasteiger partial charge in [0.25, 0.3) is 0 Å². The standard InChI is InChI=1S/C6H9NO3/c1-7(6(9)10)4-2-5(8)3-4/h4H,2-3H2,1H3,(H,9,10). The lowest BCUT2D eigenvalue weighted by Gasteiger charge is -2.31. The third kappa shape index (κ3) is 1.10. The van der Waals surface area contributed by atoms with E-state index in [2.05, 4.69) is 0 Å². The minimum Gasteiger partial charge on any atom is -0.465 e. The van der Waals surface area contributed by atoms with E-state index in [1.807, 2.05) is 0 Å². The zero-order chi connectivity index (χ0) is 7.72. The van der Waals surface area contributed by atoms with Crippen LogP contribution in [0.25, 0.3) is 0 Å². The SMILES string of the molecule is CN(C(=O)O)C1CC(=O)C1. The Hall–Kier alpha value is -1.06. The minimum absolute atomic E-state index is 0.0648. The van der Waals surface area contributed by atoms with E-state index >= 15 is 0 Å². The summed E-state index contributed by atoms with van der Waals surface area (Å²) >= 11 is 0. The van der Waals surface area contributed by atoms with Crippen molar-refractivity contribution in [2.45, 2.75) is 18.9 Å². The highest BCUT2D eigenvalue weighted by Crippen LogP contribution is 2.19. The van der Waals surface area contributed by atoms with Crippen LogP contribution in [-0.2, 0) is 4.79 Å². The molecular formula is C6H9NO3. The average Bonchev–Trinajstić information content (AvgIpc) is 1.79. The van der Waals surface area contributed by atoms with Crippen LogP contribution in [0.2, 0.25) is 0 Å². The lowest BCUT2D eigenvalue weighted by molar-refractivity contribution is -0.127. The molecule has 56 valence electrons. The van der Waals surface area contributed by atoms with Gasteiger partial charge >= 0.3 is 6.09 Å². The number of carboxylic acid groups (broad SMARTS) is 1. The van der Waals surface area contributed by atoms with E-state index in [1.165, 1.54) is 11.9 Å². The van der Waals surface area contributed by atoms with Gasteiger partial charge in [-0.3, -0.25) is 4.79 Å². The lowest BCUT2D eigenvalue weighted by Crippen LogP contribution is -2.45. The fourth-order valence-electron chi connectivity index (χ4n) is 0.896. The zero-order valence-corrected chi connectivity index (χ0v) is 5.70. The molecule has 4 heteroatoms. The van der Waals surface area contributed by atoms with Crippen LogP contribution < -0.4 is 0 Å². The molecule has 1 rings (SSSR count). The van der Waals surface area contributed by atoms with Crippen LogP contribution in [0.5, 0.6) is 0 Å². The summed E-state index contributed by atoms with van der Waals surface area (Å²) in [5, 5.41) is 8.42. The number of carbonyl (C=O) groups excluding carboxylic acids is 1. The van der Waals surface area contributed by atoms with Gasteiger partial charge in [0.2, 0.25) is 0 Å². The Labute approximate surface area is 58.4 Å². The van der Waals surface area contributed by atoms with Crippen LogP contribution in [-0.4, -0.2) is 35.0 Å². The highest BCUT2D eigenvalue weighted by atomic mass is 16.4. The summed E-state index contributed by atoms with van der Waals surface area (Å²) in [7, 11) is 1.49. The Kier molecular flexibility index (Phi) is 1.61. The topological polar surface area (TPSA) is 57.6 Å². The molecule has 1 aliphatic rings. The second kappa shape index (κ2) is 2.28. The largest absolute Gasteiger partial charge is 0.465 e. The molecule has 0 saturated heterocycles. The Morgan fingerprint density at radius 3 is 2.50 bits per heavy atom. The van der Waals surface area contributed by atoms with Gasteiger partial charge in [0, 0.05) is 25.9 Å². The molecule has 1 aliphatic carbocycles. The summed E-state index contributed by atoms with van der Waals surface area (Å²) in [5.74, 6) is 0.151. The van der Waals surface area contributed by atoms with Gasteiger partial charge in [-0.15, -0.1) is 0 Å². The van der Waals surface area contributed by atoms with Gasteiger partial charge in [-0.05, 0) is 0 Å². The van der Waals surface area contributed by atoms with E-state index in [1.54, 1.807) is 0 Å². The number of amides is 1. The monoisotopic (exact) mass is 143 g/mol. The predicted octanol–water partition coefficient (Wildman–Crippen LogP) is 0.328. The van der Waals surface area contributed by atoms with Crippen molar-refractivity contribution in [2.24, 2.45) is 0 Å². The number of Topliss-reactive ketones (excluding diaryl/α,β-unsaturated/α-hetero) is 1. The molecule has 1 saturated carbocycles. The maximum Gasteiger partial charge on any atom is 0.407 e. The molecule has 1 fully saturated rings. The fraction of sp³-hybridized carbons (Fsp3) is 0.667. The van der Waals surface area contributed by atoms with E-state index in [0.29, 0.717) is 12.8 Å². The summed E-state index contributed by atoms with van der Waals surface area (Å²) in [6.45, 7) is 0. The van der Waals surface area contributed by atoms with Gasteiger partial charge in [-0.1, -0.05) is 0 Å². The molecule has 1 amide bonds. The minimum atomic E-state index is -0.961. The number of ketones is 1. The van der Waals surface area contributed by atoms with Crippen LogP contribution in [0.15, 0.2) is 0 Å². The average molecular weight is 143 g/mol. The third-order valence-corrected chi connectivity index (χ3v) is 1.78. The Balaban J connectivity index is 2.37. The van der Waals surface area contributed by atoms with E-state index < -0.39 is 6.09 Å². The fourth-order valence-corrected chi connectivity index (χ4v) is 0.896. The van der Waals surface area contributed by atoms with Crippen molar-refractivity contribution in [3.05, 3.63) is 0 Å². The van der Waals surface area contributed by atoms with Crippen molar-refractivity contribution in [1.29, 1.82) is 0 Å². The number of nitrogens with zero attached hydrogens (tertiary/aromatic N) is 1. The maximum atomic E-state index is 10.4. The molecule has 0 aromatic carbocycles. The summed E-state index contributed by atoms with van der Waals surface area (Å²) in [6.07, 6.45) is -0.177. The molecule has 0 aromatic heterocycles. The summed E-state index contributed by atoms with van der Waals surface area (Å²) in [4.78, 5) is 21.9. The third-order valence-electron chi connectivity index (χ3n) is 1.78. The summed E-state index contributed by atoms with van der Waals surface area (Å²) < 4.78 is 0. The predicted molar refractivity (Wildman–Crippen MR) is 33.8 cm³/mol. The molecule has 0 heterocycles. The maximum absolute atomic E-state index is 10.4. The van der Waals surface area contributed by atoms with Crippen molar-refractivity contribution in [2.75, 3.05) is 7.05 Å². The first-order valence-electron chi connectivity index (χ1n) is 3.08. The molecule has 4 nitrogen and oxygen atoms in total. The smallest absolute Gasteiger partial charge is 0.407 e. The number of carbonyl (C=O) groups is 2. The van der Waals surface area contributed by atoms with Gasteiger partial charge in [0.1, 0.15) is 5.78 Å². The first-order valence-corrected chi connectivity index (χ1v) is 3.08. The van der Waals surface area contributed by atoms with E-state index in [0.717, 1.165) is 0 Å². The zero-order valence-electron chi connectivity index (χ0n) is 5.70. The Morgan fingerprint density at radius 1 is 1.70 bits per heavy atom. The van der Waals surface area contributed by atoms with Crippen LogP contribution in [0.3, 0.4) is 0 Å². The van der Waals surface area contributed by atoms with Crippen LogP contribution in [0.4, 0.5) is 4.79 Å². The molecule has 0 aromatic rings. The summed E-state index contributed by atoms with van der Waals surface area (Å²) in [5.41, 5.74) is 0. The first kappa shape index (κ1) is 7.05. The van der Waals surface area contributed by atoms with Crippen LogP contribution in [0, 0.1) is 0 Å². The van der Waals surface area contributed by atoms with Gasteiger partial charge < -0.3 is 10.0 Å². The molecule has 0 radical (unpaired) electrons. The quantitative estimate of drug-likeness (QED) is 0.575. The van der Waals surface area contributed by atoms with Crippen molar-refractivity contribution in [3.8, 4) is 0 Å².